The molecule has 1 heterocycles. The first-order valence-electron chi connectivity index (χ1n) is 7.01. The number of hydrogen-bond acceptors (Lipinski definition) is 3. The van der Waals surface area contributed by atoms with E-state index in [1.807, 2.05) is 38.1 Å². The zero-order chi connectivity index (χ0) is 15.4. The van der Waals surface area contributed by atoms with E-state index in [9.17, 15) is 4.79 Å². The molecule has 0 saturated carbocycles. The molecule has 0 aliphatic rings. The lowest BCUT2D eigenvalue weighted by Crippen LogP contribution is -2.12. The summed E-state index contributed by atoms with van der Waals surface area (Å²) in [4.78, 5) is 12.6. The lowest BCUT2D eigenvalue weighted by Gasteiger charge is -2.09. The van der Waals surface area contributed by atoms with Gasteiger partial charge in [-0.15, -0.1) is 0 Å². The van der Waals surface area contributed by atoms with E-state index in [1.54, 1.807) is 11.8 Å². The lowest BCUT2D eigenvalue weighted by molar-refractivity contribution is 0.0982. The van der Waals surface area contributed by atoms with Gasteiger partial charge in [0.2, 0.25) is 0 Å². The van der Waals surface area contributed by atoms with Crippen LogP contribution in [-0.2, 0) is 19.4 Å². The van der Waals surface area contributed by atoms with E-state index >= 15 is 0 Å². The number of benzene rings is 1. The quantitative estimate of drug-likeness (QED) is 0.746. The number of aromatic nitrogens is 2. The molecule has 0 bridgehead atoms. The van der Waals surface area contributed by atoms with Crippen molar-refractivity contribution >= 4 is 21.7 Å². The van der Waals surface area contributed by atoms with Gasteiger partial charge in [0, 0.05) is 23.0 Å². The summed E-state index contributed by atoms with van der Waals surface area (Å²) in [7, 11) is 1.61. The van der Waals surface area contributed by atoms with Gasteiger partial charge in [0.15, 0.2) is 5.78 Å². The minimum Gasteiger partial charge on any atom is -0.496 e. The molecule has 112 valence electrons. The summed E-state index contributed by atoms with van der Waals surface area (Å²) in [6, 6.07) is 7.57. The second-order valence-corrected chi connectivity index (χ2v) is 5.66. The van der Waals surface area contributed by atoms with Crippen molar-refractivity contribution in [3.63, 3.8) is 0 Å². The summed E-state index contributed by atoms with van der Waals surface area (Å²) in [5.74, 6) is 0.783. The van der Waals surface area contributed by atoms with Crippen molar-refractivity contribution < 1.29 is 9.53 Å². The third-order valence-corrected chi connectivity index (χ3v) is 3.86. The molecule has 5 heteroatoms. The van der Waals surface area contributed by atoms with E-state index in [1.165, 1.54) is 0 Å². The van der Waals surface area contributed by atoms with Gasteiger partial charge in [-0.1, -0.05) is 22.9 Å². The number of carbonyl (C=O) groups excluding carboxylic acids is 1. The molecule has 2 rings (SSSR count). The second kappa shape index (κ2) is 6.89. The van der Waals surface area contributed by atoms with Crippen LogP contribution in [0.1, 0.15) is 35.6 Å². The van der Waals surface area contributed by atoms with Crippen LogP contribution in [0.25, 0.3) is 0 Å². The molecule has 0 aliphatic carbocycles. The SMILES string of the molecule is CCc1cc(C(=O)Cc2cc(Br)ccc2OC)n(CC)n1. The first-order valence-corrected chi connectivity index (χ1v) is 7.80. The van der Waals surface area contributed by atoms with Gasteiger partial charge in [-0.05, 0) is 37.6 Å². The summed E-state index contributed by atoms with van der Waals surface area (Å²) < 4.78 is 8.03. The Hall–Kier alpha value is -1.62. The van der Waals surface area contributed by atoms with Crippen LogP contribution in [0, 0.1) is 0 Å². The van der Waals surface area contributed by atoms with Gasteiger partial charge in [-0.2, -0.15) is 5.10 Å². The smallest absolute Gasteiger partial charge is 0.185 e. The van der Waals surface area contributed by atoms with Gasteiger partial charge in [-0.3, -0.25) is 9.48 Å². The molecule has 1 aromatic carbocycles. The monoisotopic (exact) mass is 350 g/mol. The fourth-order valence-corrected chi connectivity index (χ4v) is 2.67. The van der Waals surface area contributed by atoms with Gasteiger partial charge >= 0.3 is 0 Å². The number of rotatable bonds is 6. The maximum atomic E-state index is 12.6. The summed E-state index contributed by atoms with van der Waals surface area (Å²) >= 11 is 3.43. The molecule has 0 aliphatic heterocycles. The van der Waals surface area contributed by atoms with Crippen molar-refractivity contribution in [1.29, 1.82) is 0 Å². The molecule has 0 atom stereocenters. The largest absolute Gasteiger partial charge is 0.496 e. The van der Waals surface area contributed by atoms with E-state index in [0.29, 0.717) is 18.7 Å². The van der Waals surface area contributed by atoms with E-state index in [2.05, 4.69) is 21.0 Å². The number of carbonyl (C=O) groups is 1. The maximum Gasteiger partial charge on any atom is 0.185 e. The number of halogens is 1. The predicted molar refractivity (Wildman–Crippen MR) is 86.0 cm³/mol. The molecule has 0 unspecified atom stereocenters. The number of aryl methyl sites for hydroxylation is 2. The normalized spacial score (nSPS) is 10.7. The van der Waals surface area contributed by atoms with Gasteiger partial charge < -0.3 is 4.74 Å². The van der Waals surface area contributed by atoms with E-state index in [-0.39, 0.29) is 5.78 Å². The Morgan fingerprint density at radius 3 is 2.71 bits per heavy atom. The maximum absolute atomic E-state index is 12.6. The zero-order valence-corrected chi connectivity index (χ0v) is 14.1. The van der Waals surface area contributed by atoms with Crippen LogP contribution in [0.2, 0.25) is 0 Å². The van der Waals surface area contributed by atoms with Crippen molar-refractivity contribution in [2.24, 2.45) is 0 Å². The van der Waals surface area contributed by atoms with Crippen LogP contribution in [-0.4, -0.2) is 22.7 Å². The van der Waals surface area contributed by atoms with E-state index in [4.69, 9.17) is 4.74 Å². The highest BCUT2D eigenvalue weighted by atomic mass is 79.9. The van der Waals surface area contributed by atoms with Crippen LogP contribution in [0.5, 0.6) is 5.75 Å². The Balaban J connectivity index is 2.29. The molecule has 0 N–H and O–H groups in total. The van der Waals surface area contributed by atoms with Crippen molar-refractivity contribution in [1.82, 2.24) is 9.78 Å². The average Bonchev–Trinajstić information content (AvgIpc) is 2.91. The highest BCUT2D eigenvalue weighted by Gasteiger charge is 2.16. The Morgan fingerprint density at radius 1 is 1.33 bits per heavy atom. The number of ether oxygens (including phenoxy) is 1. The Morgan fingerprint density at radius 2 is 2.10 bits per heavy atom. The number of Topliss-reactive ketones (excluding diaryl/α,β-unsaturated/α-hetero) is 1. The fraction of sp³-hybridized carbons (Fsp3) is 0.375. The summed E-state index contributed by atoms with van der Waals surface area (Å²) in [6.45, 7) is 4.72. The number of nitrogens with zero attached hydrogens (tertiary/aromatic N) is 2. The topological polar surface area (TPSA) is 44.1 Å². The summed E-state index contributed by atoms with van der Waals surface area (Å²) in [6.07, 6.45) is 1.13. The molecular formula is C16H19BrN2O2. The van der Waals surface area contributed by atoms with Gasteiger partial charge in [0.1, 0.15) is 11.4 Å². The van der Waals surface area contributed by atoms with Crippen LogP contribution in [0.3, 0.4) is 0 Å². The molecule has 0 radical (unpaired) electrons. The van der Waals surface area contributed by atoms with Crippen molar-refractivity contribution in [2.45, 2.75) is 33.2 Å². The first-order chi connectivity index (χ1) is 10.1. The van der Waals surface area contributed by atoms with Crippen LogP contribution < -0.4 is 4.74 Å². The molecule has 2 aromatic rings. The van der Waals surface area contributed by atoms with Crippen molar-refractivity contribution in [2.75, 3.05) is 7.11 Å². The zero-order valence-electron chi connectivity index (χ0n) is 12.5. The predicted octanol–water partition coefficient (Wildman–Crippen LogP) is 3.66. The van der Waals surface area contributed by atoms with Crippen LogP contribution in [0.15, 0.2) is 28.7 Å². The highest BCUT2D eigenvalue weighted by Crippen LogP contribution is 2.24. The Labute approximate surface area is 133 Å². The molecule has 4 nitrogen and oxygen atoms in total. The molecule has 0 fully saturated rings. The molecule has 1 aromatic heterocycles. The Kier molecular flexibility index (Phi) is 5.17. The van der Waals surface area contributed by atoms with Gasteiger partial charge in [0.05, 0.1) is 12.8 Å². The second-order valence-electron chi connectivity index (χ2n) is 4.75. The molecule has 0 saturated heterocycles. The van der Waals surface area contributed by atoms with Crippen LogP contribution in [0.4, 0.5) is 0 Å². The first kappa shape index (κ1) is 15.8. The average molecular weight is 351 g/mol. The third-order valence-electron chi connectivity index (χ3n) is 3.37. The van der Waals surface area contributed by atoms with E-state index < -0.39 is 0 Å². The molecule has 0 spiro atoms. The number of ketones is 1. The lowest BCUT2D eigenvalue weighted by atomic mass is 10.1. The van der Waals surface area contributed by atoms with Gasteiger partial charge in [0.25, 0.3) is 0 Å². The number of hydrogen-bond donors (Lipinski definition) is 0. The fourth-order valence-electron chi connectivity index (χ4n) is 2.26. The minimum absolute atomic E-state index is 0.0560. The molecule has 21 heavy (non-hydrogen) atoms. The van der Waals surface area contributed by atoms with Gasteiger partial charge in [-0.25, -0.2) is 0 Å². The standard InChI is InChI=1S/C16H19BrN2O2/c1-4-13-10-14(19(5-2)18-13)15(20)9-11-8-12(17)6-7-16(11)21-3/h6-8,10H,4-5,9H2,1-3H3. The summed E-state index contributed by atoms with van der Waals surface area (Å²) in [5.41, 5.74) is 2.48. The van der Waals surface area contributed by atoms with Crippen molar-refractivity contribution in [3.05, 3.63) is 45.7 Å². The minimum atomic E-state index is 0.0560. The van der Waals surface area contributed by atoms with Crippen molar-refractivity contribution in [3.8, 4) is 5.75 Å². The van der Waals surface area contributed by atoms with Crippen LogP contribution >= 0.6 is 15.9 Å². The molecule has 0 amide bonds. The highest BCUT2D eigenvalue weighted by molar-refractivity contribution is 9.10. The number of methoxy groups -OCH3 is 1. The van der Waals surface area contributed by atoms with E-state index in [0.717, 1.165) is 27.9 Å². The Bertz CT molecular complexity index is 650. The third kappa shape index (κ3) is 3.53. The molecular weight excluding hydrogens is 332 g/mol. The summed E-state index contributed by atoms with van der Waals surface area (Å²) in [5, 5.41) is 4.43.